The van der Waals surface area contributed by atoms with Gasteiger partial charge in [-0.3, -0.25) is 14.9 Å². The molecule has 1 heterocycles. The van der Waals surface area contributed by atoms with Crippen LogP contribution in [-0.2, 0) is 0 Å². The Morgan fingerprint density at radius 1 is 1.15 bits per heavy atom. The van der Waals surface area contributed by atoms with Crippen molar-refractivity contribution in [3.8, 4) is 11.5 Å². The van der Waals surface area contributed by atoms with Gasteiger partial charge in [0.2, 0.25) is 5.89 Å². The first-order valence-electron chi connectivity index (χ1n) is 7.13. The number of benzene rings is 2. The maximum Gasteiger partial charge on any atom is 0.277 e. The van der Waals surface area contributed by atoms with Crippen molar-refractivity contribution in [1.82, 2.24) is 10.2 Å². The van der Waals surface area contributed by atoms with Crippen LogP contribution >= 0.6 is 35.0 Å². The van der Waals surface area contributed by atoms with Gasteiger partial charge in [-0.15, -0.1) is 10.2 Å². The zero-order valence-corrected chi connectivity index (χ0v) is 15.2. The molecule has 0 atom stereocenters. The topological polar surface area (TPSA) is 99.1 Å². The third-order valence-electron chi connectivity index (χ3n) is 3.29. The summed E-state index contributed by atoms with van der Waals surface area (Å²) >= 11 is 12.8. The first-order valence-corrected chi connectivity index (χ1v) is 8.87. The van der Waals surface area contributed by atoms with Gasteiger partial charge >= 0.3 is 0 Å². The molecule has 26 heavy (non-hydrogen) atoms. The maximum absolute atomic E-state index is 12.3. The highest BCUT2D eigenvalue weighted by molar-refractivity contribution is 7.99. The van der Waals surface area contributed by atoms with E-state index in [1.165, 1.54) is 12.1 Å². The molecule has 7 nitrogen and oxygen atoms in total. The van der Waals surface area contributed by atoms with E-state index in [0.29, 0.717) is 16.5 Å². The SMILES string of the molecule is O=C(CSc1nnc(-c2ccc(Cl)cc2)o1)c1cc([N+](=O)[O-])ccc1Cl. The number of hydrogen-bond acceptors (Lipinski definition) is 7. The molecule has 10 heteroatoms. The largest absolute Gasteiger partial charge is 0.411 e. The van der Waals surface area contributed by atoms with Crippen molar-refractivity contribution in [3.63, 3.8) is 0 Å². The smallest absolute Gasteiger partial charge is 0.277 e. The number of ketones is 1. The highest BCUT2D eigenvalue weighted by Crippen LogP contribution is 2.27. The van der Waals surface area contributed by atoms with Crippen LogP contribution in [0, 0.1) is 10.1 Å². The fourth-order valence-electron chi connectivity index (χ4n) is 2.02. The number of nitrogens with zero attached hydrogens (tertiary/aromatic N) is 3. The van der Waals surface area contributed by atoms with E-state index in [1.807, 2.05) is 0 Å². The molecule has 0 N–H and O–H groups in total. The van der Waals surface area contributed by atoms with Crippen molar-refractivity contribution in [2.75, 3.05) is 5.75 Å². The number of aromatic nitrogens is 2. The summed E-state index contributed by atoms with van der Waals surface area (Å²) in [5.74, 6) is -0.136. The number of non-ortho nitro benzene ring substituents is 1. The lowest BCUT2D eigenvalue weighted by atomic mass is 10.1. The first-order chi connectivity index (χ1) is 12.4. The third kappa shape index (κ3) is 4.21. The van der Waals surface area contributed by atoms with E-state index in [1.54, 1.807) is 24.3 Å². The van der Waals surface area contributed by atoms with Gasteiger partial charge in [-0.05, 0) is 30.3 Å². The quantitative estimate of drug-likeness (QED) is 0.246. The molecular weight excluding hydrogens is 401 g/mol. The van der Waals surface area contributed by atoms with Crippen LogP contribution in [0.3, 0.4) is 0 Å². The average molecular weight is 410 g/mol. The highest BCUT2D eigenvalue weighted by Gasteiger charge is 2.17. The molecule has 0 unspecified atom stereocenters. The fourth-order valence-corrected chi connectivity index (χ4v) is 3.02. The number of halogens is 2. The molecule has 3 rings (SSSR count). The molecule has 2 aromatic carbocycles. The number of Topliss-reactive ketones (excluding diaryl/α,β-unsaturated/α-hetero) is 1. The Balaban J connectivity index is 1.70. The third-order valence-corrected chi connectivity index (χ3v) is 4.69. The predicted molar refractivity (Wildman–Crippen MR) is 97.9 cm³/mol. The molecule has 0 saturated heterocycles. The minimum absolute atomic E-state index is 0.0524. The summed E-state index contributed by atoms with van der Waals surface area (Å²) in [5, 5.41) is 19.5. The lowest BCUT2D eigenvalue weighted by molar-refractivity contribution is -0.384. The molecule has 0 aliphatic carbocycles. The molecule has 0 saturated carbocycles. The van der Waals surface area contributed by atoms with Crippen LogP contribution in [0.25, 0.3) is 11.5 Å². The zero-order chi connectivity index (χ0) is 18.7. The van der Waals surface area contributed by atoms with Gasteiger partial charge in [-0.2, -0.15) is 0 Å². The van der Waals surface area contributed by atoms with Crippen LogP contribution in [0.2, 0.25) is 10.0 Å². The molecule has 1 aromatic heterocycles. The van der Waals surface area contributed by atoms with Gasteiger partial charge in [0.05, 0.1) is 15.7 Å². The summed E-state index contributed by atoms with van der Waals surface area (Å²) in [6, 6.07) is 10.6. The minimum atomic E-state index is -0.587. The van der Waals surface area contributed by atoms with Crippen LogP contribution in [0.1, 0.15) is 10.4 Å². The zero-order valence-electron chi connectivity index (χ0n) is 12.9. The Hall–Kier alpha value is -2.42. The van der Waals surface area contributed by atoms with E-state index < -0.39 is 4.92 Å². The Kier molecular flexibility index (Phi) is 5.55. The van der Waals surface area contributed by atoms with Gasteiger partial charge in [0.1, 0.15) is 0 Å². The second-order valence-electron chi connectivity index (χ2n) is 5.01. The normalized spacial score (nSPS) is 10.7. The van der Waals surface area contributed by atoms with Crippen molar-refractivity contribution in [2.24, 2.45) is 0 Å². The van der Waals surface area contributed by atoms with Crippen molar-refractivity contribution < 1.29 is 14.1 Å². The number of thioether (sulfide) groups is 1. The maximum atomic E-state index is 12.3. The van der Waals surface area contributed by atoms with Gasteiger partial charge in [0.15, 0.2) is 5.78 Å². The second kappa shape index (κ2) is 7.86. The number of nitro benzene ring substituents is 1. The summed E-state index contributed by atoms with van der Waals surface area (Å²) in [4.78, 5) is 22.5. The summed E-state index contributed by atoms with van der Waals surface area (Å²) in [6.45, 7) is 0. The van der Waals surface area contributed by atoms with E-state index in [9.17, 15) is 14.9 Å². The summed E-state index contributed by atoms with van der Waals surface area (Å²) in [5.41, 5.74) is 0.568. The van der Waals surface area contributed by atoms with Crippen LogP contribution in [-0.4, -0.2) is 26.7 Å². The minimum Gasteiger partial charge on any atom is -0.411 e. The number of carbonyl (C=O) groups excluding carboxylic acids is 1. The summed E-state index contributed by atoms with van der Waals surface area (Å²) in [6.07, 6.45) is 0. The Bertz CT molecular complexity index is 976. The lowest BCUT2D eigenvalue weighted by Gasteiger charge is -2.02. The molecule has 132 valence electrons. The molecular formula is C16H9Cl2N3O4S. The lowest BCUT2D eigenvalue weighted by Crippen LogP contribution is -2.04. The first kappa shape index (κ1) is 18.4. The number of hydrogen-bond donors (Lipinski definition) is 0. The van der Waals surface area contributed by atoms with Crippen molar-refractivity contribution in [1.29, 1.82) is 0 Å². The van der Waals surface area contributed by atoms with Crippen LogP contribution < -0.4 is 0 Å². The molecule has 0 fully saturated rings. The van der Waals surface area contributed by atoms with E-state index in [4.69, 9.17) is 27.6 Å². The van der Waals surface area contributed by atoms with Crippen LogP contribution in [0.5, 0.6) is 0 Å². The summed E-state index contributed by atoms with van der Waals surface area (Å²) in [7, 11) is 0. The average Bonchev–Trinajstić information content (AvgIpc) is 3.09. The molecule has 0 amide bonds. The van der Waals surface area contributed by atoms with Gasteiger partial charge in [0, 0.05) is 28.3 Å². The molecule has 0 spiro atoms. The Morgan fingerprint density at radius 2 is 1.88 bits per heavy atom. The predicted octanol–water partition coefficient (Wildman–Crippen LogP) is 4.93. The number of rotatable bonds is 6. The van der Waals surface area contributed by atoms with Gasteiger partial charge < -0.3 is 4.42 Å². The Labute approximate surface area is 161 Å². The summed E-state index contributed by atoms with van der Waals surface area (Å²) < 4.78 is 5.49. The molecule has 3 aromatic rings. The van der Waals surface area contributed by atoms with E-state index in [-0.39, 0.29) is 33.0 Å². The monoisotopic (exact) mass is 409 g/mol. The van der Waals surface area contributed by atoms with Crippen molar-refractivity contribution >= 4 is 46.4 Å². The van der Waals surface area contributed by atoms with E-state index >= 15 is 0 Å². The fraction of sp³-hybridized carbons (Fsp3) is 0.0625. The molecule has 0 radical (unpaired) electrons. The van der Waals surface area contributed by atoms with Crippen molar-refractivity contribution in [2.45, 2.75) is 5.22 Å². The van der Waals surface area contributed by atoms with E-state index in [0.717, 1.165) is 17.8 Å². The van der Waals surface area contributed by atoms with Crippen molar-refractivity contribution in [3.05, 3.63) is 68.2 Å². The standard InChI is InChI=1S/C16H9Cl2N3O4S/c17-10-3-1-9(2-4-10)15-19-20-16(25-15)26-8-14(22)12-7-11(21(23)24)5-6-13(12)18/h1-7H,8H2. The van der Waals surface area contributed by atoms with Gasteiger partial charge in [-0.25, -0.2) is 0 Å². The van der Waals surface area contributed by atoms with Gasteiger partial charge in [-0.1, -0.05) is 35.0 Å². The number of carbonyl (C=O) groups is 1. The molecule has 0 aliphatic rings. The molecule has 0 aliphatic heterocycles. The highest BCUT2D eigenvalue weighted by atomic mass is 35.5. The number of nitro groups is 1. The van der Waals surface area contributed by atoms with Crippen LogP contribution in [0.15, 0.2) is 52.1 Å². The molecule has 0 bridgehead atoms. The van der Waals surface area contributed by atoms with Gasteiger partial charge in [0.25, 0.3) is 10.9 Å². The van der Waals surface area contributed by atoms with Crippen LogP contribution in [0.4, 0.5) is 5.69 Å². The Morgan fingerprint density at radius 3 is 2.58 bits per heavy atom. The second-order valence-corrected chi connectivity index (χ2v) is 6.78. The van der Waals surface area contributed by atoms with E-state index in [2.05, 4.69) is 10.2 Å².